The van der Waals surface area contributed by atoms with Gasteiger partial charge in [0.15, 0.2) is 0 Å². The largest absolute Gasteiger partial charge is 0.492 e. The van der Waals surface area contributed by atoms with Gasteiger partial charge in [-0.05, 0) is 45.8 Å². The Bertz CT molecular complexity index is 545. The van der Waals surface area contributed by atoms with E-state index in [2.05, 4.69) is 15.9 Å². The first-order valence-electron chi connectivity index (χ1n) is 5.58. The molecule has 0 bridgehead atoms. The Morgan fingerprint density at radius 2 is 1.94 bits per heavy atom. The summed E-state index contributed by atoms with van der Waals surface area (Å²) in [4.78, 5) is 0. The summed E-state index contributed by atoms with van der Waals surface area (Å²) in [7, 11) is 0. The number of nitrogens with two attached hydrogens (primary N) is 1. The third kappa shape index (κ3) is 3.23. The summed E-state index contributed by atoms with van der Waals surface area (Å²) >= 11 is 3.26. The standard InChI is InChI=1S/C14H13BrFNO/c15-12-9-11(16)5-6-14(12)18-8-7-10-3-1-2-4-13(10)17/h1-6,9H,7-8,17H2. The number of benzene rings is 2. The fourth-order valence-corrected chi connectivity index (χ4v) is 2.09. The second kappa shape index (κ2) is 5.87. The van der Waals surface area contributed by atoms with Crippen LogP contribution in [0.15, 0.2) is 46.9 Å². The fourth-order valence-electron chi connectivity index (χ4n) is 1.63. The highest BCUT2D eigenvalue weighted by Crippen LogP contribution is 2.25. The van der Waals surface area contributed by atoms with Crippen molar-refractivity contribution < 1.29 is 9.13 Å². The lowest BCUT2D eigenvalue weighted by atomic mass is 10.1. The van der Waals surface area contributed by atoms with Crippen molar-refractivity contribution in [2.24, 2.45) is 0 Å². The van der Waals surface area contributed by atoms with Crippen LogP contribution < -0.4 is 10.5 Å². The number of anilines is 1. The molecule has 0 heterocycles. The van der Waals surface area contributed by atoms with Gasteiger partial charge < -0.3 is 10.5 Å². The minimum absolute atomic E-state index is 0.290. The molecule has 94 valence electrons. The van der Waals surface area contributed by atoms with Crippen LogP contribution >= 0.6 is 15.9 Å². The molecule has 18 heavy (non-hydrogen) atoms. The van der Waals surface area contributed by atoms with Crippen LogP contribution in [0.25, 0.3) is 0 Å². The zero-order valence-electron chi connectivity index (χ0n) is 9.70. The molecule has 0 aliphatic heterocycles. The van der Waals surface area contributed by atoms with Gasteiger partial charge in [0, 0.05) is 12.1 Å². The number of rotatable bonds is 4. The first kappa shape index (κ1) is 12.9. The third-order valence-electron chi connectivity index (χ3n) is 2.58. The van der Waals surface area contributed by atoms with E-state index in [4.69, 9.17) is 10.5 Å². The number of hydrogen-bond donors (Lipinski definition) is 1. The maximum atomic E-state index is 12.9. The molecule has 0 fully saturated rings. The molecule has 0 aliphatic rings. The van der Waals surface area contributed by atoms with E-state index >= 15 is 0 Å². The Balaban J connectivity index is 1.95. The van der Waals surface area contributed by atoms with Gasteiger partial charge in [0.2, 0.25) is 0 Å². The lowest BCUT2D eigenvalue weighted by molar-refractivity contribution is 0.319. The molecule has 2 rings (SSSR count). The second-order valence-electron chi connectivity index (χ2n) is 3.87. The topological polar surface area (TPSA) is 35.2 Å². The summed E-state index contributed by atoms with van der Waals surface area (Å²) in [5.41, 5.74) is 7.65. The van der Waals surface area contributed by atoms with E-state index < -0.39 is 0 Å². The highest BCUT2D eigenvalue weighted by molar-refractivity contribution is 9.10. The Hall–Kier alpha value is -1.55. The summed E-state index contributed by atoms with van der Waals surface area (Å²) in [6, 6.07) is 12.0. The molecule has 0 saturated heterocycles. The van der Waals surface area contributed by atoms with Crippen molar-refractivity contribution in [1.82, 2.24) is 0 Å². The normalized spacial score (nSPS) is 10.3. The summed E-state index contributed by atoms with van der Waals surface area (Å²) in [5, 5.41) is 0. The van der Waals surface area contributed by atoms with Crippen molar-refractivity contribution in [3.8, 4) is 5.75 Å². The van der Waals surface area contributed by atoms with Gasteiger partial charge in [0.1, 0.15) is 11.6 Å². The summed E-state index contributed by atoms with van der Waals surface area (Å²) in [6.07, 6.45) is 0.719. The Morgan fingerprint density at radius 1 is 1.17 bits per heavy atom. The molecule has 4 heteroatoms. The van der Waals surface area contributed by atoms with Crippen LogP contribution in [0.4, 0.5) is 10.1 Å². The average Bonchev–Trinajstić information content (AvgIpc) is 2.34. The van der Waals surface area contributed by atoms with Gasteiger partial charge in [-0.25, -0.2) is 4.39 Å². The molecule has 2 aromatic rings. The minimum Gasteiger partial charge on any atom is -0.492 e. The van der Waals surface area contributed by atoms with Gasteiger partial charge in [0.05, 0.1) is 11.1 Å². The van der Waals surface area contributed by atoms with E-state index in [1.165, 1.54) is 12.1 Å². The highest BCUT2D eigenvalue weighted by atomic mass is 79.9. The van der Waals surface area contributed by atoms with Crippen LogP contribution in [0.5, 0.6) is 5.75 Å². The average molecular weight is 310 g/mol. The molecule has 2 nitrogen and oxygen atoms in total. The zero-order valence-corrected chi connectivity index (χ0v) is 11.3. The number of ether oxygens (including phenoxy) is 1. The van der Waals surface area contributed by atoms with Crippen LogP contribution in [-0.4, -0.2) is 6.61 Å². The number of hydrogen-bond acceptors (Lipinski definition) is 2. The lowest BCUT2D eigenvalue weighted by Gasteiger charge is -2.09. The smallest absolute Gasteiger partial charge is 0.133 e. The van der Waals surface area contributed by atoms with E-state index in [0.717, 1.165) is 17.7 Å². The molecule has 0 atom stereocenters. The molecule has 0 saturated carbocycles. The minimum atomic E-state index is -0.290. The van der Waals surface area contributed by atoms with E-state index in [0.29, 0.717) is 16.8 Å². The van der Waals surface area contributed by atoms with Crippen LogP contribution in [0.1, 0.15) is 5.56 Å². The maximum absolute atomic E-state index is 12.9. The molecular formula is C14H13BrFNO. The van der Waals surface area contributed by atoms with Gasteiger partial charge in [-0.15, -0.1) is 0 Å². The molecule has 2 N–H and O–H groups in total. The van der Waals surface area contributed by atoms with E-state index in [-0.39, 0.29) is 5.82 Å². The first-order valence-corrected chi connectivity index (χ1v) is 6.37. The quantitative estimate of drug-likeness (QED) is 0.872. The van der Waals surface area contributed by atoms with Gasteiger partial charge in [-0.1, -0.05) is 18.2 Å². The van der Waals surface area contributed by atoms with Crippen molar-refractivity contribution in [3.63, 3.8) is 0 Å². The van der Waals surface area contributed by atoms with Crippen molar-refractivity contribution in [3.05, 3.63) is 58.3 Å². The van der Waals surface area contributed by atoms with Crippen molar-refractivity contribution in [2.45, 2.75) is 6.42 Å². The maximum Gasteiger partial charge on any atom is 0.133 e. The van der Waals surface area contributed by atoms with Crippen molar-refractivity contribution >= 4 is 21.6 Å². The molecule has 0 amide bonds. The van der Waals surface area contributed by atoms with E-state index in [9.17, 15) is 4.39 Å². The monoisotopic (exact) mass is 309 g/mol. The van der Waals surface area contributed by atoms with Crippen LogP contribution in [0, 0.1) is 5.82 Å². The summed E-state index contributed by atoms with van der Waals surface area (Å²) in [5.74, 6) is 0.340. The van der Waals surface area contributed by atoms with Gasteiger partial charge in [0.25, 0.3) is 0 Å². The first-order chi connectivity index (χ1) is 8.66. The van der Waals surface area contributed by atoms with Crippen molar-refractivity contribution in [1.29, 1.82) is 0 Å². The second-order valence-corrected chi connectivity index (χ2v) is 4.73. The van der Waals surface area contributed by atoms with E-state index in [1.807, 2.05) is 24.3 Å². The Kier molecular flexibility index (Phi) is 4.20. The molecule has 2 aromatic carbocycles. The van der Waals surface area contributed by atoms with Gasteiger partial charge >= 0.3 is 0 Å². The molecule has 0 unspecified atom stereocenters. The third-order valence-corrected chi connectivity index (χ3v) is 3.20. The molecule has 0 aromatic heterocycles. The number of para-hydroxylation sites is 1. The Labute approximate surface area is 114 Å². The van der Waals surface area contributed by atoms with E-state index in [1.54, 1.807) is 6.07 Å². The van der Waals surface area contributed by atoms with Gasteiger partial charge in [-0.3, -0.25) is 0 Å². The summed E-state index contributed by atoms with van der Waals surface area (Å²) < 4.78 is 19.1. The van der Waals surface area contributed by atoms with Crippen LogP contribution in [0.3, 0.4) is 0 Å². The fraction of sp³-hybridized carbons (Fsp3) is 0.143. The number of halogens is 2. The Morgan fingerprint density at radius 3 is 2.67 bits per heavy atom. The SMILES string of the molecule is Nc1ccccc1CCOc1ccc(F)cc1Br. The van der Waals surface area contributed by atoms with Gasteiger partial charge in [-0.2, -0.15) is 0 Å². The predicted octanol–water partition coefficient (Wildman–Crippen LogP) is 3.79. The predicted molar refractivity (Wildman–Crippen MR) is 74.2 cm³/mol. The van der Waals surface area contributed by atoms with Crippen molar-refractivity contribution in [2.75, 3.05) is 12.3 Å². The molecule has 0 spiro atoms. The summed E-state index contributed by atoms with van der Waals surface area (Å²) in [6.45, 7) is 0.498. The van der Waals surface area contributed by atoms with Crippen LogP contribution in [-0.2, 0) is 6.42 Å². The zero-order chi connectivity index (χ0) is 13.0. The lowest BCUT2D eigenvalue weighted by Crippen LogP contribution is -2.04. The number of nitrogen functional groups attached to an aromatic ring is 1. The highest BCUT2D eigenvalue weighted by Gasteiger charge is 2.03. The molecule has 0 aliphatic carbocycles. The molecule has 0 radical (unpaired) electrons. The molecular weight excluding hydrogens is 297 g/mol. The van der Waals surface area contributed by atoms with Crippen LogP contribution in [0.2, 0.25) is 0 Å².